The molecule has 3 amide bonds. The molecule has 0 spiro atoms. The SMILES string of the molecule is CCCCCNC(=O)C1CCC(C(=O)N2CCN(C(C)=O)CC2)CC1. The number of carbonyl (C=O) groups excluding carboxylic acids is 3. The zero-order valence-corrected chi connectivity index (χ0v) is 15.8. The van der Waals surface area contributed by atoms with Crippen molar-refractivity contribution in [2.45, 2.75) is 58.8 Å². The van der Waals surface area contributed by atoms with Crippen molar-refractivity contribution >= 4 is 17.7 Å². The van der Waals surface area contributed by atoms with Crippen LogP contribution in [0.3, 0.4) is 0 Å². The second-order valence-electron chi connectivity index (χ2n) is 7.38. The van der Waals surface area contributed by atoms with E-state index in [0.717, 1.165) is 51.5 Å². The number of unbranched alkanes of at least 4 members (excludes halogenated alkanes) is 2. The van der Waals surface area contributed by atoms with Crippen molar-refractivity contribution in [3.05, 3.63) is 0 Å². The lowest BCUT2D eigenvalue weighted by Gasteiger charge is -2.37. The van der Waals surface area contributed by atoms with Gasteiger partial charge in [0.05, 0.1) is 0 Å². The zero-order valence-electron chi connectivity index (χ0n) is 15.8. The lowest BCUT2D eigenvalue weighted by atomic mass is 9.81. The van der Waals surface area contributed by atoms with Crippen molar-refractivity contribution in [2.24, 2.45) is 11.8 Å². The Bertz CT molecular complexity index is 465. The third-order valence-corrected chi connectivity index (χ3v) is 5.56. The second-order valence-corrected chi connectivity index (χ2v) is 7.38. The maximum absolute atomic E-state index is 12.7. The van der Waals surface area contributed by atoms with Gasteiger partial charge in [0.1, 0.15) is 0 Å². The molecule has 1 saturated carbocycles. The molecule has 142 valence electrons. The van der Waals surface area contributed by atoms with Gasteiger partial charge in [-0.15, -0.1) is 0 Å². The lowest BCUT2D eigenvalue weighted by molar-refractivity contribution is -0.143. The molecule has 0 aromatic carbocycles. The maximum Gasteiger partial charge on any atom is 0.225 e. The molecule has 1 aliphatic carbocycles. The average Bonchev–Trinajstić information content (AvgIpc) is 2.64. The molecule has 0 bridgehead atoms. The van der Waals surface area contributed by atoms with E-state index in [1.54, 1.807) is 11.8 Å². The molecule has 1 N–H and O–H groups in total. The molecule has 6 heteroatoms. The smallest absolute Gasteiger partial charge is 0.225 e. The molecule has 1 saturated heterocycles. The Labute approximate surface area is 151 Å². The Balaban J connectivity index is 1.70. The number of hydrogen-bond donors (Lipinski definition) is 1. The van der Waals surface area contributed by atoms with Crippen LogP contribution in [0.25, 0.3) is 0 Å². The third-order valence-electron chi connectivity index (χ3n) is 5.56. The summed E-state index contributed by atoms with van der Waals surface area (Å²) in [4.78, 5) is 39.9. The van der Waals surface area contributed by atoms with Crippen molar-refractivity contribution in [1.82, 2.24) is 15.1 Å². The highest BCUT2D eigenvalue weighted by molar-refractivity contribution is 5.81. The van der Waals surface area contributed by atoms with Crippen LogP contribution in [0.1, 0.15) is 58.8 Å². The van der Waals surface area contributed by atoms with Crippen LogP contribution in [0.4, 0.5) is 0 Å². The number of piperazine rings is 1. The Morgan fingerprint density at radius 2 is 1.44 bits per heavy atom. The van der Waals surface area contributed by atoms with Crippen LogP contribution in [0, 0.1) is 11.8 Å². The number of amides is 3. The highest BCUT2D eigenvalue weighted by Crippen LogP contribution is 2.30. The summed E-state index contributed by atoms with van der Waals surface area (Å²) >= 11 is 0. The second kappa shape index (κ2) is 9.78. The van der Waals surface area contributed by atoms with Crippen LogP contribution in [0.2, 0.25) is 0 Å². The van der Waals surface area contributed by atoms with E-state index in [2.05, 4.69) is 12.2 Å². The van der Waals surface area contributed by atoms with E-state index < -0.39 is 0 Å². The predicted molar refractivity (Wildman–Crippen MR) is 96.8 cm³/mol. The molecular formula is C19H33N3O3. The molecule has 1 aliphatic heterocycles. The Morgan fingerprint density at radius 3 is 2.00 bits per heavy atom. The monoisotopic (exact) mass is 351 g/mol. The Kier molecular flexibility index (Phi) is 7.72. The van der Waals surface area contributed by atoms with Crippen LogP contribution in [-0.4, -0.2) is 60.2 Å². The number of carbonyl (C=O) groups is 3. The topological polar surface area (TPSA) is 69.7 Å². The molecule has 2 fully saturated rings. The molecule has 0 radical (unpaired) electrons. The summed E-state index contributed by atoms with van der Waals surface area (Å²) < 4.78 is 0. The summed E-state index contributed by atoms with van der Waals surface area (Å²) in [6.45, 7) is 7.04. The third kappa shape index (κ3) is 5.72. The van der Waals surface area contributed by atoms with Gasteiger partial charge in [-0.25, -0.2) is 0 Å². The minimum Gasteiger partial charge on any atom is -0.356 e. The van der Waals surface area contributed by atoms with Gasteiger partial charge in [0.15, 0.2) is 0 Å². The predicted octanol–water partition coefficient (Wildman–Crippen LogP) is 1.79. The van der Waals surface area contributed by atoms with Gasteiger partial charge >= 0.3 is 0 Å². The van der Waals surface area contributed by atoms with E-state index in [1.165, 1.54) is 0 Å². The molecule has 2 aliphatic rings. The van der Waals surface area contributed by atoms with Gasteiger partial charge < -0.3 is 15.1 Å². The van der Waals surface area contributed by atoms with Crippen molar-refractivity contribution < 1.29 is 14.4 Å². The fraction of sp³-hybridized carbons (Fsp3) is 0.842. The van der Waals surface area contributed by atoms with E-state index in [9.17, 15) is 14.4 Å². The van der Waals surface area contributed by atoms with Crippen molar-refractivity contribution in [3.8, 4) is 0 Å². The minimum absolute atomic E-state index is 0.0491. The summed E-state index contributed by atoms with van der Waals surface area (Å²) in [6, 6.07) is 0. The number of rotatable bonds is 6. The normalized spacial score (nSPS) is 24.1. The quantitative estimate of drug-likeness (QED) is 0.742. The first-order valence-electron chi connectivity index (χ1n) is 9.85. The molecule has 0 atom stereocenters. The fourth-order valence-corrected chi connectivity index (χ4v) is 3.83. The summed E-state index contributed by atoms with van der Waals surface area (Å²) in [5.41, 5.74) is 0. The number of nitrogens with zero attached hydrogens (tertiary/aromatic N) is 2. The number of hydrogen-bond acceptors (Lipinski definition) is 3. The molecular weight excluding hydrogens is 318 g/mol. The van der Waals surface area contributed by atoms with Crippen molar-refractivity contribution in [3.63, 3.8) is 0 Å². The highest BCUT2D eigenvalue weighted by Gasteiger charge is 2.33. The van der Waals surface area contributed by atoms with Crippen LogP contribution < -0.4 is 5.32 Å². The van der Waals surface area contributed by atoms with Gasteiger partial charge in [0.2, 0.25) is 17.7 Å². The number of nitrogens with one attached hydrogen (secondary N) is 1. The summed E-state index contributed by atoms with van der Waals surface area (Å²) in [5, 5.41) is 3.04. The van der Waals surface area contributed by atoms with E-state index in [0.29, 0.717) is 26.2 Å². The van der Waals surface area contributed by atoms with Gasteiger partial charge in [-0.3, -0.25) is 14.4 Å². The van der Waals surface area contributed by atoms with Crippen LogP contribution in [0.5, 0.6) is 0 Å². The summed E-state index contributed by atoms with van der Waals surface area (Å²) in [6.07, 6.45) is 6.58. The minimum atomic E-state index is 0.0491. The van der Waals surface area contributed by atoms with Gasteiger partial charge in [0.25, 0.3) is 0 Å². The van der Waals surface area contributed by atoms with Crippen molar-refractivity contribution in [1.29, 1.82) is 0 Å². The average molecular weight is 351 g/mol. The molecule has 0 aromatic heterocycles. The highest BCUT2D eigenvalue weighted by atomic mass is 16.2. The zero-order chi connectivity index (χ0) is 18.2. The fourth-order valence-electron chi connectivity index (χ4n) is 3.83. The molecule has 1 heterocycles. The van der Waals surface area contributed by atoms with Gasteiger partial charge in [0, 0.05) is 51.5 Å². The van der Waals surface area contributed by atoms with Crippen LogP contribution in [0.15, 0.2) is 0 Å². The maximum atomic E-state index is 12.7. The molecule has 6 nitrogen and oxygen atoms in total. The largest absolute Gasteiger partial charge is 0.356 e. The standard InChI is InChI=1S/C19H33N3O3/c1-3-4-5-10-20-18(24)16-6-8-17(9-7-16)19(25)22-13-11-21(12-14-22)15(2)23/h16-17H,3-14H2,1-2H3,(H,20,24). The Hall–Kier alpha value is -1.59. The van der Waals surface area contributed by atoms with E-state index in [-0.39, 0.29) is 29.6 Å². The van der Waals surface area contributed by atoms with Gasteiger partial charge in [-0.1, -0.05) is 19.8 Å². The molecule has 25 heavy (non-hydrogen) atoms. The first kappa shape index (κ1) is 19.7. The molecule has 0 aromatic rings. The molecule has 0 unspecified atom stereocenters. The summed E-state index contributed by atoms with van der Waals surface area (Å²) in [7, 11) is 0. The Morgan fingerprint density at radius 1 is 0.880 bits per heavy atom. The van der Waals surface area contributed by atoms with E-state index in [4.69, 9.17) is 0 Å². The van der Waals surface area contributed by atoms with Crippen molar-refractivity contribution in [2.75, 3.05) is 32.7 Å². The molecule has 2 rings (SSSR count). The first-order chi connectivity index (χ1) is 12.0. The van der Waals surface area contributed by atoms with E-state index >= 15 is 0 Å². The summed E-state index contributed by atoms with van der Waals surface area (Å²) in [5.74, 6) is 0.577. The van der Waals surface area contributed by atoms with Crippen LogP contribution >= 0.6 is 0 Å². The van der Waals surface area contributed by atoms with Crippen LogP contribution in [-0.2, 0) is 14.4 Å². The lowest BCUT2D eigenvalue weighted by Crippen LogP contribution is -2.51. The van der Waals surface area contributed by atoms with Gasteiger partial charge in [-0.2, -0.15) is 0 Å². The first-order valence-corrected chi connectivity index (χ1v) is 9.85. The van der Waals surface area contributed by atoms with E-state index in [1.807, 2.05) is 4.90 Å². The van der Waals surface area contributed by atoms with Gasteiger partial charge in [-0.05, 0) is 32.1 Å².